The number of carbonyl (C=O) groups excluding carboxylic acids is 1. The first kappa shape index (κ1) is 13.1. The van der Waals surface area contributed by atoms with Crippen molar-refractivity contribution >= 4 is 5.97 Å². The lowest BCUT2D eigenvalue weighted by atomic mass is 10.0. The van der Waals surface area contributed by atoms with E-state index in [-0.39, 0.29) is 23.4 Å². The molecule has 1 heterocycles. The smallest absolute Gasteiger partial charge is 0.357 e. The predicted octanol–water partition coefficient (Wildman–Crippen LogP) is 3.20. The Balaban J connectivity index is 2.56. The number of halogens is 2. The number of ether oxygens (including phenoxy) is 1. The van der Waals surface area contributed by atoms with E-state index < -0.39 is 17.6 Å². The zero-order chi connectivity index (χ0) is 13.8. The third kappa shape index (κ3) is 2.76. The van der Waals surface area contributed by atoms with Crippen LogP contribution in [0.1, 0.15) is 17.4 Å². The molecule has 0 aliphatic heterocycles. The predicted molar refractivity (Wildman–Crippen MR) is 65.5 cm³/mol. The van der Waals surface area contributed by atoms with Gasteiger partial charge in [0.15, 0.2) is 5.69 Å². The average molecular weight is 263 g/mol. The highest BCUT2D eigenvalue weighted by Crippen LogP contribution is 2.26. The summed E-state index contributed by atoms with van der Waals surface area (Å²) in [6, 6.07) is 6.08. The Morgan fingerprint density at radius 3 is 2.79 bits per heavy atom. The highest BCUT2D eigenvalue weighted by Gasteiger charge is 2.17. The topological polar surface area (TPSA) is 39.2 Å². The normalized spacial score (nSPS) is 10.3. The van der Waals surface area contributed by atoms with E-state index in [1.165, 1.54) is 12.3 Å². The van der Waals surface area contributed by atoms with Crippen molar-refractivity contribution in [3.63, 3.8) is 0 Å². The Kier molecular flexibility index (Phi) is 3.85. The molecule has 0 radical (unpaired) electrons. The summed E-state index contributed by atoms with van der Waals surface area (Å²) in [5.74, 6) is -1.88. The quantitative estimate of drug-likeness (QED) is 0.798. The minimum atomic E-state index is -0.665. The highest BCUT2D eigenvalue weighted by molar-refractivity contribution is 5.95. The summed E-state index contributed by atoms with van der Waals surface area (Å²) in [5.41, 5.74) is 0.156. The van der Waals surface area contributed by atoms with Crippen molar-refractivity contribution < 1.29 is 18.3 Å². The number of carbonyl (C=O) groups is 1. The molecule has 0 aliphatic carbocycles. The molecule has 0 N–H and O–H groups in total. The van der Waals surface area contributed by atoms with Crippen LogP contribution >= 0.6 is 0 Å². The lowest BCUT2D eigenvalue weighted by molar-refractivity contribution is 0.0520. The van der Waals surface area contributed by atoms with E-state index >= 15 is 0 Å². The molecule has 0 saturated carbocycles. The second-order valence-electron chi connectivity index (χ2n) is 3.74. The largest absolute Gasteiger partial charge is 0.461 e. The first-order chi connectivity index (χ1) is 9.13. The van der Waals surface area contributed by atoms with Crippen molar-refractivity contribution in [1.82, 2.24) is 4.98 Å². The van der Waals surface area contributed by atoms with Crippen LogP contribution in [-0.2, 0) is 4.74 Å². The number of pyridine rings is 1. The third-order valence-corrected chi connectivity index (χ3v) is 2.50. The van der Waals surface area contributed by atoms with Crippen molar-refractivity contribution in [1.29, 1.82) is 0 Å². The number of hydrogen-bond donors (Lipinski definition) is 0. The second kappa shape index (κ2) is 5.56. The van der Waals surface area contributed by atoms with Gasteiger partial charge in [-0.05, 0) is 31.2 Å². The summed E-state index contributed by atoms with van der Waals surface area (Å²) >= 11 is 0. The van der Waals surface area contributed by atoms with E-state index in [0.29, 0.717) is 0 Å². The third-order valence-electron chi connectivity index (χ3n) is 2.50. The number of nitrogens with zero attached hydrogens (tertiary/aromatic N) is 1. The molecule has 0 spiro atoms. The number of aromatic nitrogens is 1. The van der Waals surface area contributed by atoms with Crippen molar-refractivity contribution in [2.24, 2.45) is 0 Å². The van der Waals surface area contributed by atoms with Crippen LogP contribution in [0.15, 0.2) is 36.5 Å². The first-order valence-corrected chi connectivity index (χ1v) is 5.71. The zero-order valence-electron chi connectivity index (χ0n) is 10.2. The van der Waals surface area contributed by atoms with Gasteiger partial charge in [-0.1, -0.05) is 6.07 Å². The Morgan fingerprint density at radius 1 is 1.26 bits per heavy atom. The summed E-state index contributed by atoms with van der Waals surface area (Å²) in [6.45, 7) is 1.84. The van der Waals surface area contributed by atoms with Gasteiger partial charge in [-0.15, -0.1) is 0 Å². The Hall–Kier alpha value is -2.30. The van der Waals surface area contributed by atoms with Gasteiger partial charge in [-0.3, -0.25) is 0 Å². The van der Waals surface area contributed by atoms with Crippen LogP contribution in [0, 0.1) is 11.6 Å². The molecule has 2 aromatic rings. The van der Waals surface area contributed by atoms with Gasteiger partial charge in [0.1, 0.15) is 11.6 Å². The molecule has 0 unspecified atom stereocenters. The van der Waals surface area contributed by atoms with Crippen LogP contribution in [0.4, 0.5) is 8.78 Å². The molecule has 0 bridgehead atoms. The van der Waals surface area contributed by atoms with Crippen LogP contribution in [0.3, 0.4) is 0 Å². The molecule has 0 saturated heterocycles. The summed E-state index contributed by atoms with van der Waals surface area (Å²) in [7, 11) is 0. The molecule has 0 fully saturated rings. The maximum atomic E-state index is 13.7. The lowest BCUT2D eigenvalue weighted by Crippen LogP contribution is -2.09. The number of esters is 1. The van der Waals surface area contributed by atoms with E-state index in [2.05, 4.69) is 4.98 Å². The van der Waals surface area contributed by atoms with Gasteiger partial charge in [0.25, 0.3) is 0 Å². The average Bonchev–Trinajstić information content (AvgIpc) is 2.42. The standard InChI is InChI=1S/C14H11F2NO2/c1-2-19-14(18)13-10(4-3-7-17-13)11-8-9(15)5-6-12(11)16/h3-8H,2H2,1H3. The summed E-state index contributed by atoms with van der Waals surface area (Å²) in [4.78, 5) is 15.6. The van der Waals surface area contributed by atoms with Gasteiger partial charge in [-0.2, -0.15) is 0 Å². The lowest BCUT2D eigenvalue weighted by Gasteiger charge is -2.08. The van der Waals surface area contributed by atoms with E-state index in [9.17, 15) is 13.6 Å². The van der Waals surface area contributed by atoms with Gasteiger partial charge in [0.05, 0.1) is 6.61 Å². The van der Waals surface area contributed by atoms with Gasteiger partial charge in [0, 0.05) is 17.3 Å². The van der Waals surface area contributed by atoms with E-state index in [0.717, 1.165) is 18.2 Å². The van der Waals surface area contributed by atoms with Crippen LogP contribution in [0.2, 0.25) is 0 Å². The summed E-state index contributed by atoms with van der Waals surface area (Å²) < 4.78 is 31.8. The molecule has 19 heavy (non-hydrogen) atoms. The van der Waals surface area contributed by atoms with Gasteiger partial charge in [0.2, 0.25) is 0 Å². The maximum Gasteiger partial charge on any atom is 0.357 e. The van der Waals surface area contributed by atoms with Crippen LogP contribution in [0.25, 0.3) is 11.1 Å². The number of hydrogen-bond acceptors (Lipinski definition) is 3. The zero-order valence-corrected chi connectivity index (χ0v) is 10.2. The molecule has 0 aliphatic rings. The van der Waals surface area contributed by atoms with Gasteiger partial charge in [-0.25, -0.2) is 18.6 Å². The minimum absolute atomic E-state index is 0.0175. The van der Waals surface area contributed by atoms with Crippen molar-refractivity contribution in [3.05, 3.63) is 53.9 Å². The molecular formula is C14H11F2NO2. The van der Waals surface area contributed by atoms with Crippen LogP contribution < -0.4 is 0 Å². The van der Waals surface area contributed by atoms with Crippen molar-refractivity contribution in [2.45, 2.75) is 6.92 Å². The second-order valence-corrected chi connectivity index (χ2v) is 3.74. The molecular weight excluding hydrogens is 252 g/mol. The fraction of sp³-hybridized carbons (Fsp3) is 0.143. The van der Waals surface area contributed by atoms with Gasteiger partial charge >= 0.3 is 5.97 Å². The molecule has 1 aromatic heterocycles. The molecule has 1 aromatic carbocycles. The van der Waals surface area contributed by atoms with E-state index in [1.807, 2.05) is 0 Å². The maximum absolute atomic E-state index is 13.7. The molecule has 5 heteroatoms. The molecule has 2 rings (SSSR count). The van der Waals surface area contributed by atoms with Crippen LogP contribution in [-0.4, -0.2) is 17.6 Å². The van der Waals surface area contributed by atoms with E-state index in [1.54, 1.807) is 13.0 Å². The summed E-state index contributed by atoms with van der Waals surface area (Å²) in [5, 5.41) is 0. The first-order valence-electron chi connectivity index (χ1n) is 5.71. The highest BCUT2D eigenvalue weighted by atomic mass is 19.1. The molecule has 0 atom stereocenters. The van der Waals surface area contributed by atoms with Crippen molar-refractivity contribution in [3.8, 4) is 11.1 Å². The Bertz CT molecular complexity index is 614. The van der Waals surface area contributed by atoms with Gasteiger partial charge < -0.3 is 4.74 Å². The van der Waals surface area contributed by atoms with Crippen molar-refractivity contribution in [2.75, 3.05) is 6.61 Å². The SMILES string of the molecule is CCOC(=O)c1ncccc1-c1cc(F)ccc1F. The monoisotopic (exact) mass is 263 g/mol. The summed E-state index contributed by atoms with van der Waals surface area (Å²) in [6.07, 6.45) is 1.40. The number of rotatable bonds is 3. The fourth-order valence-electron chi connectivity index (χ4n) is 1.69. The minimum Gasteiger partial charge on any atom is -0.461 e. The Morgan fingerprint density at radius 2 is 2.05 bits per heavy atom. The fourth-order valence-corrected chi connectivity index (χ4v) is 1.69. The van der Waals surface area contributed by atoms with Crippen LogP contribution in [0.5, 0.6) is 0 Å². The molecule has 0 amide bonds. The van der Waals surface area contributed by atoms with E-state index in [4.69, 9.17) is 4.74 Å². The number of benzene rings is 1. The molecule has 98 valence electrons. The molecule has 3 nitrogen and oxygen atoms in total. The Labute approximate surface area is 108 Å².